The highest BCUT2D eigenvalue weighted by Gasteiger charge is 2.28. The number of amidine groups is 1. The minimum atomic E-state index is -4.38. The Labute approximate surface area is 148 Å². The van der Waals surface area contributed by atoms with Crippen molar-refractivity contribution in [1.29, 1.82) is 0 Å². The summed E-state index contributed by atoms with van der Waals surface area (Å²) in [6.07, 6.45) is -2.96. The third-order valence-electron chi connectivity index (χ3n) is 3.25. The van der Waals surface area contributed by atoms with Crippen LogP contribution < -0.4 is 10.5 Å². The predicted octanol–water partition coefficient (Wildman–Crippen LogP) is 4.52. The maximum absolute atomic E-state index is 12.3. The molecule has 0 bridgehead atoms. The van der Waals surface area contributed by atoms with Crippen molar-refractivity contribution in [2.45, 2.75) is 25.8 Å². The molecule has 8 heteroatoms. The first-order chi connectivity index (χ1) is 11.7. The third-order valence-corrected chi connectivity index (χ3v) is 4.05. The van der Waals surface area contributed by atoms with Gasteiger partial charge >= 0.3 is 6.18 Å². The fourth-order valence-corrected chi connectivity index (χ4v) is 2.77. The van der Waals surface area contributed by atoms with Gasteiger partial charge in [-0.05, 0) is 37.6 Å². The fourth-order valence-electron chi connectivity index (χ4n) is 2.02. The molecule has 2 rings (SSSR count). The van der Waals surface area contributed by atoms with Crippen LogP contribution in [0.15, 0.2) is 41.5 Å². The quantitative estimate of drug-likeness (QED) is 0.622. The van der Waals surface area contributed by atoms with Gasteiger partial charge in [0.25, 0.3) is 0 Å². The molecule has 4 nitrogen and oxygen atoms in total. The second kappa shape index (κ2) is 8.24. The fraction of sp³-hybridized carbons (Fsp3) is 0.294. The highest BCUT2D eigenvalue weighted by Crippen LogP contribution is 2.25. The van der Waals surface area contributed by atoms with E-state index in [1.807, 2.05) is 31.2 Å². The lowest BCUT2D eigenvalue weighted by molar-refractivity contribution is -0.153. The molecule has 0 aliphatic rings. The second-order valence-electron chi connectivity index (χ2n) is 5.36. The maximum Gasteiger partial charge on any atom is 0.422 e. The van der Waals surface area contributed by atoms with Crippen LogP contribution in [0.3, 0.4) is 0 Å². The first kappa shape index (κ1) is 19.1. The van der Waals surface area contributed by atoms with Gasteiger partial charge in [-0.2, -0.15) is 13.2 Å². The predicted molar refractivity (Wildman–Crippen MR) is 94.3 cm³/mol. The van der Waals surface area contributed by atoms with Gasteiger partial charge in [-0.15, -0.1) is 0 Å². The molecule has 2 N–H and O–H groups in total. The molecular formula is C17H18F3N3OS. The van der Waals surface area contributed by atoms with Gasteiger partial charge in [0, 0.05) is 17.5 Å². The van der Waals surface area contributed by atoms with Gasteiger partial charge in [0.05, 0.1) is 11.4 Å². The Morgan fingerprint density at radius 3 is 2.72 bits per heavy atom. The average molecular weight is 369 g/mol. The van der Waals surface area contributed by atoms with Crippen molar-refractivity contribution in [3.63, 3.8) is 0 Å². The summed E-state index contributed by atoms with van der Waals surface area (Å²) < 4.78 is 41.7. The smallest absolute Gasteiger partial charge is 0.422 e. The number of hydrogen-bond acceptors (Lipinski definition) is 4. The van der Waals surface area contributed by atoms with Crippen LogP contribution in [0.4, 0.5) is 18.9 Å². The monoisotopic (exact) mass is 369 g/mol. The van der Waals surface area contributed by atoms with Gasteiger partial charge in [0.2, 0.25) is 0 Å². The van der Waals surface area contributed by atoms with Crippen LogP contribution >= 0.6 is 11.8 Å². The van der Waals surface area contributed by atoms with Gasteiger partial charge in [0.15, 0.2) is 11.8 Å². The minimum absolute atomic E-state index is 0.164. The molecule has 1 heterocycles. The van der Waals surface area contributed by atoms with E-state index in [0.29, 0.717) is 22.2 Å². The van der Waals surface area contributed by atoms with Crippen molar-refractivity contribution < 1.29 is 17.9 Å². The summed E-state index contributed by atoms with van der Waals surface area (Å²) >= 11 is 1.26. The number of thioether (sulfide) groups is 1. The lowest BCUT2D eigenvalue weighted by Crippen LogP contribution is -2.19. The summed E-state index contributed by atoms with van der Waals surface area (Å²) in [6, 6.07) is 9.01. The van der Waals surface area contributed by atoms with Gasteiger partial charge in [-0.3, -0.25) is 4.98 Å². The van der Waals surface area contributed by atoms with E-state index in [1.165, 1.54) is 24.0 Å². The molecule has 0 aliphatic heterocycles. The summed E-state index contributed by atoms with van der Waals surface area (Å²) in [7, 11) is 0. The van der Waals surface area contributed by atoms with E-state index >= 15 is 0 Å². The lowest BCUT2D eigenvalue weighted by Gasteiger charge is -2.13. The highest BCUT2D eigenvalue weighted by molar-refractivity contribution is 8.13. The first-order valence-corrected chi connectivity index (χ1v) is 8.41. The molecule has 1 aromatic heterocycles. The van der Waals surface area contributed by atoms with Crippen LogP contribution in [-0.4, -0.2) is 22.9 Å². The Bertz CT molecular complexity index is 763. The number of rotatable bonds is 5. The van der Waals surface area contributed by atoms with Crippen molar-refractivity contribution in [3.8, 4) is 5.75 Å². The van der Waals surface area contributed by atoms with Gasteiger partial charge in [0.1, 0.15) is 5.75 Å². The standard InChI is InChI=1S/C17H18F3N3OS/c1-11-4-3-5-13(8-11)23-16(21)25-9-14-12(2)15(6-7-22-14)24-10-17(18,19)20/h3-8H,9-10H2,1-2H3,(H2,21,23). The SMILES string of the molecule is Cc1cccc(N=C(N)SCc2nccc(OCC(F)(F)F)c2C)c1. The van der Waals surface area contributed by atoms with E-state index in [-0.39, 0.29) is 5.75 Å². The third kappa shape index (κ3) is 6.30. The second-order valence-corrected chi connectivity index (χ2v) is 6.36. The molecule has 0 radical (unpaired) electrons. The van der Waals surface area contributed by atoms with Crippen molar-refractivity contribution in [2.24, 2.45) is 10.7 Å². The molecule has 0 amide bonds. The van der Waals surface area contributed by atoms with E-state index in [2.05, 4.69) is 9.98 Å². The van der Waals surface area contributed by atoms with E-state index in [0.717, 1.165) is 11.3 Å². The minimum Gasteiger partial charge on any atom is -0.484 e. The molecule has 0 unspecified atom stereocenters. The summed E-state index contributed by atoms with van der Waals surface area (Å²) in [6.45, 7) is 2.30. The van der Waals surface area contributed by atoms with Gasteiger partial charge < -0.3 is 10.5 Å². The van der Waals surface area contributed by atoms with Crippen LogP contribution in [0.1, 0.15) is 16.8 Å². The number of ether oxygens (including phenoxy) is 1. The summed E-state index contributed by atoms with van der Waals surface area (Å²) in [4.78, 5) is 8.49. The van der Waals surface area contributed by atoms with Gasteiger partial charge in [-0.25, -0.2) is 4.99 Å². The first-order valence-electron chi connectivity index (χ1n) is 7.42. The molecule has 0 saturated heterocycles. The van der Waals surface area contributed by atoms with Crippen LogP contribution in [0.2, 0.25) is 0 Å². The van der Waals surface area contributed by atoms with Gasteiger partial charge in [-0.1, -0.05) is 23.9 Å². The Morgan fingerprint density at radius 1 is 1.28 bits per heavy atom. The summed E-state index contributed by atoms with van der Waals surface area (Å²) in [5.74, 6) is 0.549. The Hall–Kier alpha value is -2.22. The number of halogens is 3. The lowest BCUT2D eigenvalue weighted by atomic mass is 10.2. The van der Waals surface area contributed by atoms with E-state index in [9.17, 15) is 13.2 Å². The number of hydrogen-bond donors (Lipinski definition) is 1. The summed E-state index contributed by atoms with van der Waals surface area (Å²) in [5, 5.41) is 0.355. The number of pyridine rings is 1. The van der Waals surface area contributed by atoms with Crippen LogP contribution in [-0.2, 0) is 5.75 Å². The molecule has 0 aliphatic carbocycles. The Kier molecular flexibility index (Phi) is 6.30. The topological polar surface area (TPSA) is 60.5 Å². The number of aromatic nitrogens is 1. The van der Waals surface area contributed by atoms with Crippen molar-refractivity contribution in [2.75, 3.05) is 6.61 Å². The summed E-state index contributed by atoms with van der Waals surface area (Å²) in [5.41, 5.74) is 8.90. The normalized spacial score (nSPS) is 12.3. The van der Waals surface area contributed by atoms with Crippen LogP contribution in [0, 0.1) is 13.8 Å². The van der Waals surface area contributed by atoms with Crippen LogP contribution in [0.25, 0.3) is 0 Å². The zero-order valence-electron chi connectivity index (χ0n) is 13.8. The number of nitrogens with two attached hydrogens (primary N) is 1. The number of benzene rings is 1. The number of aryl methyl sites for hydroxylation is 1. The average Bonchev–Trinajstić information content (AvgIpc) is 2.52. The van der Waals surface area contributed by atoms with E-state index < -0.39 is 12.8 Å². The molecule has 0 saturated carbocycles. The van der Waals surface area contributed by atoms with Crippen molar-refractivity contribution >= 4 is 22.6 Å². The number of alkyl halides is 3. The van der Waals surface area contributed by atoms with E-state index in [1.54, 1.807) is 6.92 Å². The zero-order valence-corrected chi connectivity index (χ0v) is 14.6. The van der Waals surface area contributed by atoms with E-state index in [4.69, 9.17) is 10.5 Å². The molecule has 0 atom stereocenters. The molecular weight excluding hydrogens is 351 g/mol. The molecule has 1 aromatic carbocycles. The largest absolute Gasteiger partial charge is 0.484 e. The Balaban J connectivity index is 2.03. The molecule has 25 heavy (non-hydrogen) atoms. The highest BCUT2D eigenvalue weighted by atomic mass is 32.2. The Morgan fingerprint density at radius 2 is 2.04 bits per heavy atom. The van der Waals surface area contributed by atoms with Crippen molar-refractivity contribution in [3.05, 3.63) is 53.3 Å². The molecule has 134 valence electrons. The number of nitrogens with zero attached hydrogens (tertiary/aromatic N) is 2. The maximum atomic E-state index is 12.3. The molecule has 2 aromatic rings. The molecule has 0 fully saturated rings. The van der Waals surface area contributed by atoms with Crippen molar-refractivity contribution in [1.82, 2.24) is 4.98 Å². The molecule has 0 spiro atoms. The van der Waals surface area contributed by atoms with Crippen LogP contribution in [0.5, 0.6) is 5.75 Å². The zero-order chi connectivity index (χ0) is 18.4. The number of aliphatic imine (C=N–C) groups is 1.